The zero-order valence-electron chi connectivity index (χ0n) is 43.2. The molecule has 0 aliphatic carbocycles. The molecule has 1 rings (SSSR count). The first-order chi connectivity index (χ1) is 32.3. The second-order valence-corrected chi connectivity index (χ2v) is 20.1. The van der Waals surface area contributed by atoms with E-state index < -0.39 is 49.5 Å². The molecule has 1 saturated heterocycles. The molecule has 0 radical (unpaired) electrons. The van der Waals surface area contributed by atoms with Crippen molar-refractivity contribution in [3.05, 3.63) is 24.3 Å². The first-order valence-electron chi connectivity index (χ1n) is 28.6. The molecule has 6 N–H and O–H groups in total. The topological polar surface area (TPSA) is 149 Å². The van der Waals surface area contributed by atoms with Gasteiger partial charge >= 0.3 is 0 Å². The number of unbranched alkanes of at least 4 members (excludes halogenated alkanes) is 37. The van der Waals surface area contributed by atoms with Gasteiger partial charge in [0.05, 0.1) is 25.4 Å². The van der Waals surface area contributed by atoms with Crippen LogP contribution in [0.25, 0.3) is 0 Å². The standard InChI is InChI=1S/C57H109NO8/c1-3-5-7-9-11-13-15-16-17-18-19-20-21-22-23-24-25-26-27-28-29-30-31-32-33-34-35-37-38-40-42-44-46-51(60)50(49-65-57-56(64)55(63)54(62)52(48-59)66-57)58-53(61)47-45-43-41-39-36-14-12-10-8-6-4-2/h37-38,44,46,50-52,54-57,59-60,62-64H,3-36,39-43,45,47-49H2,1-2H3,(H,58,61)/b38-37+,46-44+. The summed E-state index contributed by atoms with van der Waals surface area (Å²) in [6.45, 7) is 3.77. The highest BCUT2D eigenvalue weighted by atomic mass is 16.7. The summed E-state index contributed by atoms with van der Waals surface area (Å²) in [4.78, 5) is 12.9. The molecule has 0 bridgehead atoms. The lowest BCUT2D eigenvalue weighted by Gasteiger charge is -2.40. The fraction of sp³-hybridized carbons (Fsp3) is 0.912. The van der Waals surface area contributed by atoms with Crippen LogP contribution in [0.4, 0.5) is 0 Å². The van der Waals surface area contributed by atoms with E-state index in [1.165, 1.54) is 218 Å². The monoisotopic (exact) mass is 936 g/mol. The van der Waals surface area contributed by atoms with Gasteiger partial charge in [-0.3, -0.25) is 4.79 Å². The zero-order chi connectivity index (χ0) is 48.0. The summed E-state index contributed by atoms with van der Waals surface area (Å²) in [7, 11) is 0. The number of nitrogens with one attached hydrogen (secondary N) is 1. The summed E-state index contributed by atoms with van der Waals surface area (Å²) in [5.74, 6) is -0.185. The van der Waals surface area contributed by atoms with E-state index in [9.17, 15) is 30.3 Å². The van der Waals surface area contributed by atoms with E-state index in [1.54, 1.807) is 6.08 Å². The van der Waals surface area contributed by atoms with Crippen LogP contribution in [-0.4, -0.2) is 87.5 Å². The third-order valence-electron chi connectivity index (χ3n) is 13.8. The van der Waals surface area contributed by atoms with Gasteiger partial charge in [-0.15, -0.1) is 0 Å². The van der Waals surface area contributed by atoms with E-state index >= 15 is 0 Å². The largest absolute Gasteiger partial charge is 0.394 e. The van der Waals surface area contributed by atoms with E-state index in [0.717, 1.165) is 38.5 Å². The lowest BCUT2D eigenvalue weighted by Crippen LogP contribution is -2.60. The van der Waals surface area contributed by atoms with Gasteiger partial charge in [0.2, 0.25) is 5.91 Å². The molecule has 9 heteroatoms. The summed E-state index contributed by atoms with van der Waals surface area (Å²) >= 11 is 0. The van der Waals surface area contributed by atoms with Crippen molar-refractivity contribution >= 4 is 5.91 Å². The van der Waals surface area contributed by atoms with Gasteiger partial charge in [-0.05, 0) is 32.1 Å². The molecule has 7 unspecified atom stereocenters. The third-order valence-corrected chi connectivity index (χ3v) is 13.8. The number of carbonyl (C=O) groups is 1. The Morgan fingerprint density at radius 3 is 1.27 bits per heavy atom. The lowest BCUT2D eigenvalue weighted by atomic mass is 9.99. The number of aliphatic hydroxyl groups excluding tert-OH is 5. The van der Waals surface area contributed by atoms with Crippen LogP contribution in [-0.2, 0) is 14.3 Å². The second-order valence-electron chi connectivity index (χ2n) is 20.1. The molecular weight excluding hydrogens is 827 g/mol. The number of carbonyl (C=O) groups excluding carboxylic acids is 1. The Morgan fingerprint density at radius 1 is 0.500 bits per heavy atom. The maximum absolute atomic E-state index is 12.9. The van der Waals surface area contributed by atoms with Gasteiger partial charge in [-0.25, -0.2) is 0 Å². The average Bonchev–Trinajstić information content (AvgIpc) is 3.32. The molecule has 7 atom stereocenters. The molecule has 0 aromatic heterocycles. The molecule has 0 aromatic rings. The first-order valence-corrected chi connectivity index (χ1v) is 28.6. The fourth-order valence-corrected chi connectivity index (χ4v) is 9.23. The smallest absolute Gasteiger partial charge is 0.220 e. The van der Waals surface area contributed by atoms with Gasteiger partial charge in [-0.1, -0.05) is 263 Å². The number of allylic oxidation sites excluding steroid dienone is 3. The zero-order valence-corrected chi connectivity index (χ0v) is 43.2. The van der Waals surface area contributed by atoms with E-state index in [-0.39, 0.29) is 12.5 Å². The van der Waals surface area contributed by atoms with Crippen LogP contribution in [0, 0.1) is 0 Å². The molecule has 1 amide bonds. The van der Waals surface area contributed by atoms with E-state index in [2.05, 4.69) is 31.3 Å². The van der Waals surface area contributed by atoms with E-state index in [4.69, 9.17) is 9.47 Å². The second kappa shape index (κ2) is 47.4. The number of rotatable bonds is 49. The maximum Gasteiger partial charge on any atom is 0.220 e. The van der Waals surface area contributed by atoms with Crippen LogP contribution in [0.3, 0.4) is 0 Å². The molecule has 0 saturated carbocycles. The quantitative estimate of drug-likeness (QED) is 0.0261. The number of hydrogen-bond acceptors (Lipinski definition) is 8. The molecule has 1 fully saturated rings. The van der Waals surface area contributed by atoms with Crippen molar-refractivity contribution in [1.29, 1.82) is 0 Å². The fourth-order valence-electron chi connectivity index (χ4n) is 9.23. The Morgan fingerprint density at radius 2 is 0.864 bits per heavy atom. The summed E-state index contributed by atoms with van der Waals surface area (Å²) in [5, 5.41) is 54.3. The minimum atomic E-state index is -1.57. The molecule has 0 spiro atoms. The van der Waals surface area contributed by atoms with E-state index in [1.807, 2.05) is 6.08 Å². The predicted molar refractivity (Wildman–Crippen MR) is 277 cm³/mol. The lowest BCUT2D eigenvalue weighted by molar-refractivity contribution is -0.302. The van der Waals surface area contributed by atoms with Crippen molar-refractivity contribution in [1.82, 2.24) is 5.32 Å². The van der Waals surface area contributed by atoms with Gasteiger partial charge in [0.1, 0.15) is 24.4 Å². The van der Waals surface area contributed by atoms with Crippen LogP contribution in [0.1, 0.15) is 277 Å². The molecule has 66 heavy (non-hydrogen) atoms. The molecule has 9 nitrogen and oxygen atoms in total. The molecule has 1 heterocycles. The van der Waals surface area contributed by atoms with Crippen LogP contribution in [0.2, 0.25) is 0 Å². The maximum atomic E-state index is 12.9. The predicted octanol–water partition coefficient (Wildman–Crippen LogP) is 13.8. The van der Waals surface area contributed by atoms with Crippen molar-refractivity contribution in [2.45, 2.75) is 320 Å². The highest BCUT2D eigenvalue weighted by Crippen LogP contribution is 2.23. The SMILES string of the molecule is CCCCCCCCCCCCCCCCCCCCCCCCCCCC/C=C/CC/C=C/C(O)C(COC1OC(CO)C(O)C(O)C1O)NC(=O)CCCCCCCCCCCCC. The summed E-state index contributed by atoms with van der Waals surface area (Å²) in [5.41, 5.74) is 0. The van der Waals surface area contributed by atoms with Crippen molar-refractivity contribution in [3.8, 4) is 0 Å². The molecule has 390 valence electrons. The Kier molecular flexibility index (Phi) is 45.0. The average molecular weight is 936 g/mol. The van der Waals surface area contributed by atoms with Gasteiger partial charge in [0.25, 0.3) is 0 Å². The molecule has 1 aliphatic rings. The normalized spacial score (nSPS) is 19.9. The highest BCUT2D eigenvalue weighted by Gasteiger charge is 2.44. The van der Waals surface area contributed by atoms with Gasteiger partial charge in [0, 0.05) is 6.42 Å². The van der Waals surface area contributed by atoms with Crippen LogP contribution < -0.4 is 5.32 Å². The number of hydrogen-bond donors (Lipinski definition) is 6. The van der Waals surface area contributed by atoms with E-state index in [0.29, 0.717) is 6.42 Å². The van der Waals surface area contributed by atoms with Crippen molar-refractivity contribution < 1.29 is 39.8 Å². The number of aliphatic hydroxyl groups is 5. The van der Waals surface area contributed by atoms with Crippen molar-refractivity contribution in [2.24, 2.45) is 0 Å². The number of amides is 1. The highest BCUT2D eigenvalue weighted by molar-refractivity contribution is 5.76. The van der Waals surface area contributed by atoms with Crippen LogP contribution >= 0.6 is 0 Å². The molecule has 1 aliphatic heterocycles. The minimum Gasteiger partial charge on any atom is -0.394 e. The summed E-state index contributed by atoms with van der Waals surface area (Å²) in [6.07, 6.45) is 52.8. The molecule has 0 aromatic carbocycles. The Balaban J connectivity index is 2.14. The first kappa shape index (κ1) is 62.7. The van der Waals surface area contributed by atoms with Gasteiger partial charge in [-0.2, -0.15) is 0 Å². The van der Waals surface area contributed by atoms with Crippen LogP contribution in [0.15, 0.2) is 24.3 Å². The van der Waals surface area contributed by atoms with Crippen molar-refractivity contribution in [3.63, 3.8) is 0 Å². The van der Waals surface area contributed by atoms with Gasteiger partial charge in [0.15, 0.2) is 6.29 Å². The summed E-state index contributed by atoms with van der Waals surface area (Å²) < 4.78 is 11.2. The molecular formula is C57H109NO8. The summed E-state index contributed by atoms with van der Waals surface area (Å²) in [6, 6.07) is -0.817. The Bertz CT molecular complexity index is 1090. The number of ether oxygens (including phenoxy) is 2. The Labute approximate surface area is 407 Å². The van der Waals surface area contributed by atoms with Crippen LogP contribution in [0.5, 0.6) is 0 Å². The minimum absolute atomic E-state index is 0.185. The van der Waals surface area contributed by atoms with Crippen molar-refractivity contribution in [2.75, 3.05) is 13.2 Å². The van der Waals surface area contributed by atoms with Gasteiger partial charge < -0.3 is 40.3 Å². The third kappa shape index (κ3) is 36.6. The Hall–Kier alpha value is -1.33.